The van der Waals surface area contributed by atoms with Crippen molar-refractivity contribution in [1.82, 2.24) is 4.98 Å². The summed E-state index contributed by atoms with van der Waals surface area (Å²) in [5, 5.41) is 19.4. The lowest BCUT2D eigenvalue weighted by molar-refractivity contribution is -0.384. The van der Waals surface area contributed by atoms with E-state index >= 15 is 0 Å². The molecule has 0 aliphatic carbocycles. The molecule has 0 saturated heterocycles. The van der Waals surface area contributed by atoms with Crippen molar-refractivity contribution in [3.63, 3.8) is 0 Å². The van der Waals surface area contributed by atoms with E-state index in [0.29, 0.717) is 6.54 Å². The fourth-order valence-electron chi connectivity index (χ4n) is 1.36. The molecule has 0 aliphatic rings. The second-order valence-electron chi connectivity index (χ2n) is 3.51. The van der Waals surface area contributed by atoms with Gasteiger partial charge < -0.3 is 4.90 Å². The van der Waals surface area contributed by atoms with Gasteiger partial charge in [-0.3, -0.25) is 10.1 Å². The zero-order valence-corrected chi connectivity index (χ0v) is 9.12. The second kappa shape index (κ2) is 5.07. The van der Waals surface area contributed by atoms with Gasteiger partial charge in [-0.05, 0) is 13.0 Å². The van der Waals surface area contributed by atoms with Crippen LogP contribution in [0.4, 0.5) is 11.5 Å². The number of hydrogen-bond donors (Lipinski definition) is 0. The number of aromatic nitrogens is 1. The van der Waals surface area contributed by atoms with Gasteiger partial charge in [0.05, 0.1) is 16.9 Å². The van der Waals surface area contributed by atoms with Crippen molar-refractivity contribution < 1.29 is 4.92 Å². The summed E-state index contributed by atoms with van der Waals surface area (Å²) in [7, 11) is 1.68. The topological polar surface area (TPSA) is 83.1 Å². The highest BCUT2D eigenvalue weighted by atomic mass is 16.6. The van der Waals surface area contributed by atoms with Crippen molar-refractivity contribution in [3.8, 4) is 6.07 Å². The molecule has 84 valence electrons. The first kappa shape index (κ1) is 11.9. The van der Waals surface area contributed by atoms with Crippen LogP contribution < -0.4 is 4.90 Å². The summed E-state index contributed by atoms with van der Waals surface area (Å²) in [6.07, 6.45) is 1.50. The van der Waals surface area contributed by atoms with Gasteiger partial charge in [0.1, 0.15) is 0 Å². The van der Waals surface area contributed by atoms with Gasteiger partial charge >= 0.3 is 5.69 Å². The molecule has 0 aliphatic heterocycles. The third-order valence-corrected chi connectivity index (χ3v) is 2.09. The molecule has 0 radical (unpaired) electrons. The zero-order valence-electron chi connectivity index (χ0n) is 9.12. The first-order chi connectivity index (χ1) is 7.56. The molecular formula is C10H12N4O2. The molecule has 1 heterocycles. The lowest BCUT2D eigenvalue weighted by Gasteiger charge is -2.18. The smallest absolute Gasteiger partial charge is 0.311 e. The molecule has 1 rings (SSSR count). The first-order valence-corrected chi connectivity index (χ1v) is 4.76. The molecule has 1 atom stereocenters. The molecule has 16 heavy (non-hydrogen) atoms. The van der Waals surface area contributed by atoms with E-state index in [2.05, 4.69) is 11.1 Å². The van der Waals surface area contributed by atoms with E-state index in [1.54, 1.807) is 18.9 Å². The van der Waals surface area contributed by atoms with Crippen LogP contribution in [0.1, 0.15) is 6.92 Å². The summed E-state index contributed by atoms with van der Waals surface area (Å²) < 4.78 is 0. The van der Waals surface area contributed by atoms with Crippen LogP contribution in [-0.2, 0) is 0 Å². The number of anilines is 1. The summed E-state index contributed by atoms with van der Waals surface area (Å²) >= 11 is 0. The van der Waals surface area contributed by atoms with Crippen molar-refractivity contribution in [2.75, 3.05) is 18.5 Å². The van der Waals surface area contributed by atoms with Gasteiger partial charge in [0.2, 0.25) is 5.82 Å². The number of pyridine rings is 1. The Morgan fingerprint density at radius 1 is 1.75 bits per heavy atom. The van der Waals surface area contributed by atoms with E-state index in [9.17, 15) is 10.1 Å². The zero-order chi connectivity index (χ0) is 12.1. The van der Waals surface area contributed by atoms with Crippen molar-refractivity contribution >= 4 is 11.5 Å². The molecule has 0 bridgehead atoms. The van der Waals surface area contributed by atoms with Gasteiger partial charge in [-0.1, -0.05) is 0 Å². The van der Waals surface area contributed by atoms with Crippen LogP contribution in [0.2, 0.25) is 0 Å². The predicted octanol–water partition coefficient (Wildman–Crippen LogP) is 1.59. The van der Waals surface area contributed by atoms with Crippen LogP contribution in [-0.4, -0.2) is 23.5 Å². The first-order valence-electron chi connectivity index (χ1n) is 4.76. The van der Waals surface area contributed by atoms with Gasteiger partial charge in [-0.15, -0.1) is 0 Å². The molecule has 0 N–H and O–H groups in total. The molecule has 6 nitrogen and oxygen atoms in total. The Hall–Kier alpha value is -2.16. The molecule has 0 aromatic carbocycles. The maximum absolute atomic E-state index is 10.8. The summed E-state index contributed by atoms with van der Waals surface area (Å²) in [5.41, 5.74) is -0.0462. The number of nitro groups is 1. The van der Waals surface area contributed by atoms with Crippen molar-refractivity contribution in [3.05, 3.63) is 28.4 Å². The number of nitriles is 1. The average molecular weight is 220 g/mol. The van der Waals surface area contributed by atoms with Crippen LogP contribution in [0.5, 0.6) is 0 Å². The molecule has 1 unspecified atom stereocenters. The predicted molar refractivity (Wildman–Crippen MR) is 58.9 cm³/mol. The van der Waals surface area contributed by atoms with Crippen molar-refractivity contribution in [2.45, 2.75) is 6.92 Å². The third-order valence-electron chi connectivity index (χ3n) is 2.09. The minimum Gasteiger partial charge on any atom is -0.353 e. The van der Waals surface area contributed by atoms with Crippen LogP contribution in [0.15, 0.2) is 18.3 Å². The Labute approximate surface area is 93.3 Å². The van der Waals surface area contributed by atoms with Crippen LogP contribution in [0, 0.1) is 27.4 Å². The Kier molecular flexibility index (Phi) is 3.78. The van der Waals surface area contributed by atoms with Gasteiger partial charge in [-0.2, -0.15) is 5.26 Å². The van der Waals surface area contributed by atoms with Crippen LogP contribution in [0.25, 0.3) is 0 Å². The monoisotopic (exact) mass is 220 g/mol. The van der Waals surface area contributed by atoms with Crippen LogP contribution in [0.3, 0.4) is 0 Å². The quantitative estimate of drug-likeness (QED) is 0.568. The Bertz CT molecular complexity index is 427. The summed E-state index contributed by atoms with van der Waals surface area (Å²) in [5.74, 6) is 0.0845. The van der Waals surface area contributed by atoms with E-state index in [4.69, 9.17) is 5.26 Å². The lowest BCUT2D eigenvalue weighted by atomic mass is 10.2. The van der Waals surface area contributed by atoms with Crippen LogP contribution >= 0.6 is 0 Å². The minimum atomic E-state index is -0.476. The van der Waals surface area contributed by atoms with E-state index in [0.717, 1.165) is 0 Å². The van der Waals surface area contributed by atoms with E-state index < -0.39 is 4.92 Å². The highest BCUT2D eigenvalue weighted by molar-refractivity contribution is 5.56. The Morgan fingerprint density at radius 2 is 2.44 bits per heavy atom. The molecule has 0 fully saturated rings. The fourth-order valence-corrected chi connectivity index (χ4v) is 1.36. The van der Waals surface area contributed by atoms with Gasteiger partial charge in [0.15, 0.2) is 0 Å². The largest absolute Gasteiger partial charge is 0.353 e. The molecule has 0 amide bonds. The third kappa shape index (κ3) is 2.67. The highest BCUT2D eigenvalue weighted by Gasteiger charge is 2.18. The summed E-state index contributed by atoms with van der Waals surface area (Å²) in [6.45, 7) is 2.17. The SMILES string of the molecule is CC(C#N)CN(C)c1ncccc1[N+](=O)[O-]. The molecule has 1 aromatic rings. The molecule has 6 heteroatoms. The van der Waals surface area contributed by atoms with E-state index in [1.807, 2.05) is 0 Å². The van der Waals surface area contributed by atoms with Gasteiger partial charge in [0.25, 0.3) is 0 Å². The number of nitrogens with zero attached hydrogens (tertiary/aromatic N) is 4. The maximum Gasteiger partial charge on any atom is 0.311 e. The molecule has 0 saturated carbocycles. The summed E-state index contributed by atoms with van der Waals surface area (Å²) in [6, 6.07) is 4.99. The highest BCUT2D eigenvalue weighted by Crippen LogP contribution is 2.23. The second-order valence-corrected chi connectivity index (χ2v) is 3.51. The standard InChI is InChI=1S/C10H12N4O2/c1-8(6-11)7-13(2)10-9(14(15)16)4-3-5-12-10/h3-5,8H,7H2,1-2H3. The normalized spacial score (nSPS) is 11.6. The van der Waals surface area contributed by atoms with Gasteiger partial charge in [0, 0.05) is 25.9 Å². The number of hydrogen-bond acceptors (Lipinski definition) is 5. The number of rotatable bonds is 4. The molecular weight excluding hydrogens is 208 g/mol. The average Bonchev–Trinajstić information content (AvgIpc) is 2.28. The molecule has 0 spiro atoms. The Morgan fingerprint density at radius 3 is 3.00 bits per heavy atom. The van der Waals surface area contributed by atoms with E-state index in [-0.39, 0.29) is 17.4 Å². The van der Waals surface area contributed by atoms with E-state index in [1.165, 1.54) is 18.3 Å². The fraction of sp³-hybridized carbons (Fsp3) is 0.400. The molecule has 1 aromatic heterocycles. The Balaban J connectivity index is 2.95. The van der Waals surface area contributed by atoms with Gasteiger partial charge in [-0.25, -0.2) is 4.98 Å². The van der Waals surface area contributed by atoms with Crippen molar-refractivity contribution in [2.24, 2.45) is 5.92 Å². The van der Waals surface area contributed by atoms with Crippen molar-refractivity contribution in [1.29, 1.82) is 5.26 Å². The lowest BCUT2D eigenvalue weighted by Crippen LogP contribution is -2.24. The maximum atomic E-state index is 10.8. The summed E-state index contributed by atoms with van der Waals surface area (Å²) in [4.78, 5) is 15.9. The minimum absolute atomic E-state index is 0.0462.